The van der Waals surface area contributed by atoms with Crippen LogP contribution in [0.4, 0.5) is 11.5 Å². The summed E-state index contributed by atoms with van der Waals surface area (Å²) in [6, 6.07) is 23.5. The summed E-state index contributed by atoms with van der Waals surface area (Å²) in [5.41, 5.74) is 9.21. The van der Waals surface area contributed by atoms with Crippen molar-refractivity contribution in [3.63, 3.8) is 0 Å². The third-order valence-electron chi connectivity index (χ3n) is 7.70. The van der Waals surface area contributed by atoms with Gasteiger partial charge in [0.2, 0.25) is 5.91 Å². The Morgan fingerprint density at radius 1 is 0.907 bits per heavy atom. The number of aromatic nitrogens is 4. The van der Waals surface area contributed by atoms with Crippen molar-refractivity contribution in [2.24, 2.45) is 0 Å². The summed E-state index contributed by atoms with van der Waals surface area (Å²) >= 11 is 0. The van der Waals surface area contributed by atoms with Crippen LogP contribution in [0.25, 0.3) is 22.5 Å². The number of ketones is 1. The van der Waals surface area contributed by atoms with Gasteiger partial charge in [0, 0.05) is 42.5 Å². The number of carbonyl (C=O) groups excluding carboxylic acids is 2. The van der Waals surface area contributed by atoms with Gasteiger partial charge in [-0.3, -0.25) is 19.1 Å². The van der Waals surface area contributed by atoms with Gasteiger partial charge >= 0.3 is 5.69 Å². The fourth-order valence-electron chi connectivity index (χ4n) is 5.10. The van der Waals surface area contributed by atoms with Crippen molar-refractivity contribution in [1.29, 1.82) is 0 Å². The number of nitrogens with two attached hydrogens (primary N) is 1. The Morgan fingerprint density at radius 2 is 1.63 bits per heavy atom. The zero-order chi connectivity index (χ0) is 30.1. The molecule has 0 aliphatic heterocycles. The first-order valence-corrected chi connectivity index (χ1v) is 14.0. The molecule has 0 radical (unpaired) electrons. The molecule has 0 atom stereocenters. The number of likely N-dealkylation sites (N-methyl/N-ethyl adjacent to an activating group) is 2. The van der Waals surface area contributed by atoms with E-state index < -0.39 is 5.69 Å². The summed E-state index contributed by atoms with van der Waals surface area (Å²) in [6.07, 6.45) is 7.16. The standard InChI is InChI=1S/C33H31N7O3/c1-37(24-17-18-24)19-7-12-28(41)38(2)26-10-6-11-27(20-26)40-32-29(31(34)35-21-36-32)39(33(40)43)25-15-13-23(14-16-25)30(42)22-8-4-3-5-9-22/h3-16,20-21,24H,17-19H2,1-2H3,(H2,34,35,36)/b12-7+. The fourth-order valence-corrected chi connectivity index (χ4v) is 5.10. The highest BCUT2D eigenvalue weighted by Gasteiger charge is 2.25. The Morgan fingerprint density at radius 3 is 2.35 bits per heavy atom. The van der Waals surface area contributed by atoms with E-state index in [0.29, 0.717) is 51.9 Å². The van der Waals surface area contributed by atoms with E-state index in [-0.39, 0.29) is 17.5 Å². The highest BCUT2D eigenvalue weighted by Crippen LogP contribution is 2.26. The van der Waals surface area contributed by atoms with Crippen LogP contribution in [-0.2, 0) is 4.79 Å². The average Bonchev–Trinajstić information content (AvgIpc) is 3.84. The Kier molecular flexibility index (Phi) is 7.43. The molecule has 10 nitrogen and oxygen atoms in total. The molecule has 0 bridgehead atoms. The fraction of sp³-hybridized carbons (Fsp3) is 0.182. The largest absolute Gasteiger partial charge is 0.382 e. The van der Waals surface area contributed by atoms with Gasteiger partial charge in [-0.05, 0) is 62.4 Å². The Bertz CT molecular complexity index is 1910. The molecule has 3 aromatic carbocycles. The molecule has 1 aliphatic carbocycles. The van der Waals surface area contributed by atoms with Gasteiger partial charge in [-0.25, -0.2) is 19.3 Å². The highest BCUT2D eigenvalue weighted by molar-refractivity contribution is 6.09. The van der Waals surface area contributed by atoms with Gasteiger partial charge in [-0.1, -0.05) is 42.5 Å². The monoisotopic (exact) mass is 573 g/mol. The maximum atomic E-state index is 14.0. The molecule has 1 aliphatic rings. The number of nitrogens with zero attached hydrogens (tertiary/aromatic N) is 6. The predicted octanol–water partition coefficient (Wildman–Crippen LogP) is 4.00. The van der Waals surface area contributed by atoms with Crippen LogP contribution < -0.4 is 16.3 Å². The van der Waals surface area contributed by atoms with Crippen molar-refractivity contribution in [2.45, 2.75) is 18.9 Å². The normalized spacial score (nSPS) is 13.2. The number of benzene rings is 3. The second-order valence-corrected chi connectivity index (χ2v) is 10.6. The lowest BCUT2D eigenvalue weighted by Crippen LogP contribution is -2.26. The molecule has 2 aromatic heterocycles. The van der Waals surface area contributed by atoms with Gasteiger partial charge in [0.1, 0.15) is 11.8 Å². The lowest BCUT2D eigenvalue weighted by molar-refractivity contribution is -0.113. The Balaban J connectivity index is 1.34. The minimum atomic E-state index is -0.418. The summed E-state index contributed by atoms with van der Waals surface area (Å²) in [7, 11) is 3.75. The van der Waals surface area contributed by atoms with Crippen molar-refractivity contribution in [3.05, 3.63) is 119 Å². The first-order valence-electron chi connectivity index (χ1n) is 14.0. The summed E-state index contributed by atoms with van der Waals surface area (Å²) in [6.45, 7) is 0.710. The smallest absolute Gasteiger partial charge is 0.339 e. The summed E-state index contributed by atoms with van der Waals surface area (Å²) in [5, 5.41) is 0. The third-order valence-corrected chi connectivity index (χ3v) is 7.70. The molecule has 10 heteroatoms. The molecule has 6 rings (SSSR count). The van der Waals surface area contributed by atoms with Gasteiger partial charge in [-0.2, -0.15) is 0 Å². The zero-order valence-electron chi connectivity index (χ0n) is 23.9. The lowest BCUT2D eigenvalue weighted by atomic mass is 10.0. The van der Waals surface area contributed by atoms with Crippen LogP contribution in [0.1, 0.15) is 28.8 Å². The highest BCUT2D eigenvalue weighted by atomic mass is 16.2. The first kappa shape index (κ1) is 27.8. The molecule has 2 N–H and O–H groups in total. The van der Waals surface area contributed by atoms with Crippen LogP contribution in [0.5, 0.6) is 0 Å². The first-order chi connectivity index (χ1) is 20.8. The Labute approximate surface area is 248 Å². The van der Waals surface area contributed by atoms with Crippen LogP contribution in [0.2, 0.25) is 0 Å². The molecule has 0 saturated heterocycles. The van der Waals surface area contributed by atoms with Gasteiger partial charge in [-0.15, -0.1) is 0 Å². The van der Waals surface area contributed by atoms with E-state index in [1.54, 1.807) is 67.7 Å². The SMILES string of the molecule is CN(C(=O)/C=C/CN(C)C1CC1)c1cccc(-n2c(=O)n(-c3ccc(C(=O)c4ccccc4)cc3)c3c(N)ncnc32)c1. The summed E-state index contributed by atoms with van der Waals surface area (Å²) in [4.78, 5) is 52.1. The van der Waals surface area contributed by atoms with E-state index in [9.17, 15) is 14.4 Å². The van der Waals surface area contributed by atoms with Crippen molar-refractivity contribution in [1.82, 2.24) is 24.0 Å². The molecule has 0 spiro atoms. The van der Waals surface area contributed by atoms with E-state index in [2.05, 4.69) is 21.9 Å². The minimum Gasteiger partial charge on any atom is -0.382 e. The van der Waals surface area contributed by atoms with E-state index in [1.165, 1.54) is 33.2 Å². The van der Waals surface area contributed by atoms with Crippen molar-refractivity contribution >= 4 is 34.4 Å². The van der Waals surface area contributed by atoms with Crippen LogP contribution in [0, 0.1) is 0 Å². The third kappa shape index (κ3) is 5.47. The van der Waals surface area contributed by atoms with Crippen LogP contribution in [0.15, 0.2) is 102 Å². The molecule has 43 heavy (non-hydrogen) atoms. The molecule has 1 fully saturated rings. The molecular weight excluding hydrogens is 542 g/mol. The van der Waals surface area contributed by atoms with Gasteiger partial charge in [0.05, 0.1) is 11.4 Å². The molecule has 2 heterocycles. The number of nitrogen functional groups attached to an aromatic ring is 1. The number of anilines is 2. The average molecular weight is 574 g/mol. The maximum absolute atomic E-state index is 14.0. The zero-order valence-corrected chi connectivity index (χ0v) is 23.9. The van der Waals surface area contributed by atoms with Crippen molar-refractivity contribution in [2.75, 3.05) is 31.3 Å². The number of hydrogen-bond donors (Lipinski definition) is 1. The van der Waals surface area contributed by atoms with Crippen LogP contribution >= 0.6 is 0 Å². The van der Waals surface area contributed by atoms with Gasteiger partial charge in [0.15, 0.2) is 17.2 Å². The minimum absolute atomic E-state index is 0.120. The van der Waals surface area contributed by atoms with E-state index in [1.807, 2.05) is 30.3 Å². The molecule has 0 unspecified atom stereocenters. The van der Waals surface area contributed by atoms with Crippen molar-refractivity contribution in [3.8, 4) is 11.4 Å². The number of amides is 1. The number of carbonyl (C=O) groups is 2. The van der Waals surface area contributed by atoms with Crippen LogP contribution in [-0.4, -0.2) is 62.4 Å². The molecule has 1 amide bonds. The number of hydrogen-bond acceptors (Lipinski definition) is 7. The number of imidazole rings is 1. The molecule has 1 saturated carbocycles. The molecule has 5 aromatic rings. The second kappa shape index (κ2) is 11.5. The quantitative estimate of drug-likeness (QED) is 0.209. The number of fused-ring (bicyclic) bond motifs is 1. The number of rotatable bonds is 9. The molecule has 216 valence electrons. The maximum Gasteiger partial charge on any atom is 0.339 e. The van der Waals surface area contributed by atoms with Crippen LogP contribution in [0.3, 0.4) is 0 Å². The summed E-state index contributed by atoms with van der Waals surface area (Å²) in [5.74, 6) is -0.159. The molecular formula is C33H31N7O3. The van der Waals surface area contributed by atoms with Crippen molar-refractivity contribution < 1.29 is 9.59 Å². The van der Waals surface area contributed by atoms with E-state index >= 15 is 0 Å². The van der Waals surface area contributed by atoms with Gasteiger partial charge in [0.25, 0.3) is 0 Å². The summed E-state index contributed by atoms with van der Waals surface area (Å²) < 4.78 is 2.88. The predicted molar refractivity (Wildman–Crippen MR) is 167 cm³/mol. The second-order valence-electron chi connectivity index (χ2n) is 10.6. The van der Waals surface area contributed by atoms with E-state index in [4.69, 9.17) is 5.73 Å². The van der Waals surface area contributed by atoms with Gasteiger partial charge < -0.3 is 10.6 Å². The Hall–Kier alpha value is -5.35. The van der Waals surface area contributed by atoms with E-state index in [0.717, 1.165) is 0 Å². The lowest BCUT2D eigenvalue weighted by Gasteiger charge is -2.17. The topological polar surface area (TPSA) is 119 Å².